The lowest BCUT2D eigenvalue weighted by molar-refractivity contribution is 0.416. The molecule has 0 spiro atoms. The van der Waals surface area contributed by atoms with Gasteiger partial charge in [-0.1, -0.05) is 18.5 Å². The van der Waals surface area contributed by atoms with Crippen molar-refractivity contribution in [3.63, 3.8) is 0 Å². The van der Waals surface area contributed by atoms with Gasteiger partial charge in [0.25, 0.3) is 0 Å². The van der Waals surface area contributed by atoms with E-state index in [0.717, 1.165) is 17.7 Å². The topological polar surface area (TPSA) is 45.0 Å². The average molecular weight is 253 g/mol. The van der Waals surface area contributed by atoms with Gasteiger partial charge in [0.2, 0.25) is 0 Å². The lowest BCUT2D eigenvalue weighted by Gasteiger charge is -2.14. The first-order chi connectivity index (χ1) is 8.12. The van der Waals surface area contributed by atoms with E-state index in [4.69, 9.17) is 21.6 Å². The summed E-state index contributed by atoms with van der Waals surface area (Å²) in [6.07, 6.45) is 0.832. The first-order valence-electron chi connectivity index (χ1n) is 5.60. The molecular formula is C13H17ClN2O. The lowest BCUT2D eigenvalue weighted by Crippen LogP contribution is -2.12. The highest BCUT2D eigenvalue weighted by molar-refractivity contribution is 6.31. The lowest BCUT2D eigenvalue weighted by atomic mass is 10.1. The van der Waals surface area contributed by atoms with Gasteiger partial charge in [0.15, 0.2) is 0 Å². The first-order valence-corrected chi connectivity index (χ1v) is 5.97. The number of methoxy groups -OCH3 is 1. The minimum Gasteiger partial charge on any atom is -0.495 e. The van der Waals surface area contributed by atoms with E-state index in [0.29, 0.717) is 17.3 Å². The third-order valence-corrected chi connectivity index (χ3v) is 3.10. The Kier molecular flexibility index (Phi) is 5.11. The molecule has 1 N–H and O–H groups in total. The summed E-state index contributed by atoms with van der Waals surface area (Å²) in [5.41, 5.74) is 1.86. The van der Waals surface area contributed by atoms with Crippen molar-refractivity contribution in [2.24, 2.45) is 5.92 Å². The fourth-order valence-electron chi connectivity index (χ4n) is 1.48. The van der Waals surface area contributed by atoms with Crippen LogP contribution in [0.2, 0.25) is 5.02 Å². The Balaban J connectivity index is 2.83. The van der Waals surface area contributed by atoms with Crippen molar-refractivity contribution < 1.29 is 4.74 Å². The van der Waals surface area contributed by atoms with E-state index in [9.17, 15) is 0 Å². The first kappa shape index (κ1) is 13.7. The van der Waals surface area contributed by atoms with Crippen LogP contribution in [0.25, 0.3) is 0 Å². The molecule has 1 atom stereocenters. The molecular weight excluding hydrogens is 236 g/mol. The van der Waals surface area contributed by atoms with Gasteiger partial charge in [0.05, 0.1) is 24.8 Å². The largest absolute Gasteiger partial charge is 0.495 e. The number of nitrogens with zero attached hydrogens (tertiary/aromatic N) is 1. The Morgan fingerprint density at radius 2 is 2.24 bits per heavy atom. The van der Waals surface area contributed by atoms with Gasteiger partial charge < -0.3 is 10.1 Å². The molecule has 3 nitrogen and oxygen atoms in total. The van der Waals surface area contributed by atoms with E-state index in [1.807, 2.05) is 19.9 Å². The number of aryl methyl sites for hydroxylation is 1. The fraction of sp³-hybridized carbons (Fsp3) is 0.462. The maximum atomic E-state index is 8.89. The number of ether oxygens (including phenoxy) is 1. The number of benzene rings is 1. The minimum atomic E-state index is 0.00990. The van der Waals surface area contributed by atoms with Gasteiger partial charge in [-0.05, 0) is 25.0 Å². The number of rotatable bonds is 5. The van der Waals surface area contributed by atoms with E-state index >= 15 is 0 Å². The van der Waals surface area contributed by atoms with Crippen LogP contribution in [-0.2, 0) is 0 Å². The molecule has 4 heteroatoms. The van der Waals surface area contributed by atoms with Gasteiger partial charge in [0, 0.05) is 17.6 Å². The third kappa shape index (κ3) is 3.54. The van der Waals surface area contributed by atoms with Crippen LogP contribution in [-0.4, -0.2) is 13.7 Å². The molecule has 1 aromatic carbocycles. The second-order valence-corrected chi connectivity index (χ2v) is 4.32. The summed E-state index contributed by atoms with van der Waals surface area (Å²) < 4.78 is 5.25. The zero-order valence-corrected chi connectivity index (χ0v) is 11.1. The van der Waals surface area contributed by atoms with Gasteiger partial charge >= 0.3 is 0 Å². The Morgan fingerprint density at radius 1 is 1.53 bits per heavy atom. The molecule has 0 saturated heterocycles. The molecule has 0 fully saturated rings. The summed E-state index contributed by atoms with van der Waals surface area (Å²) in [7, 11) is 1.60. The molecule has 1 aromatic rings. The summed E-state index contributed by atoms with van der Waals surface area (Å²) in [6, 6.07) is 5.98. The molecule has 0 radical (unpaired) electrons. The Labute approximate surface area is 107 Å². The number of hydrogen-bond acceptors (Lipinski definition) is 3. The van der Waals surface area contributed by atoms with Crippen LogP contribution in [0, 0.1) is 24.2 Å². The van der Waals surface area contributed by atoms with Gasteiger partial charge in [-0.2, -0.15) is 5.26 Å². The van der Waals surface area contributed by atoms with Crippen LogP contribution in [0.3, 0.4) is 0 Å². The van der Waals surface area contributed by atoms with E-state index in [-0.39, 0.29) is 5.92 Å². The van der Waals surface area contributed by atoms with Crippen LogP contribution < -0.4 is 10.1 Å². The summed E-state index contributed by atoms with van der Waals surface area (Å²) in [6.45, 7) is 4.55. The molecule has 0 bridgehead atoms. The number of nitrogens with one attached hydrogen (secondary N) is 1. The molecule has 0 heterocycles. The molecule has 1 rings (SSSR count). The standard InChI is InChI=1S/C13H17ClN2O/c1-4-10(7-15)8-16-12-5-9(2)11(14)6-13(12)17-3/h5-6,10,16H,4,8H2,1-3H3. The summed E-state index contributed by atoms with van der Waals surface area (Å²) in [5.74, 6) is 0.712. The Bertz CT molecular complexity index is 426. The fourth-order valence-corrected chi connectivity index (χ4v) is 1.64. The molecule has 0 amide bonds. The Hall–Kier alpha value is -1.40. The maximum absolute atomic E-state index is 8.89. The van der Waals surface area contributed by atoms with Crippen molar-refractivity contribution in [3.8, 4) is 11.8 Å². The molecule has 0 aromatic heterocycles. The number of anilines is 1. The smallest absolute Gasteiger partial charge is 0.143 e. The maximum Gasteiger partial charge on any atom is 0.143 e. The van der Waals surface area contributed by atoms with Gasteiger partial charge in [-0.15, -0.1) is 0 Å². The van der Waals surface area contributed by atoms with E-state index < -0.39 is 0 Å². The van der Waals surface area contributed by atoms with Crippen LogP contribution in [0.15, 0.2) is 12.1 Å². The molecule has 17 heavy (non-hydrogen) atoms. The molecule has 0 aliphatic rings. The predicted octanol–water partition coefficient (Wildman–Crippen LogP) is 3.62. The SMILES string of the molecule is CCC(C#N)CNc1cc(C)c(Cl)cc1OC. The van der Waals surface area contributed by atoms with Gasteiger partial charge in [0.1, 0.15) is 5.75 Å². The monoisotopic (exact) mass is 252 g/mol. The molecule has 0 aliphatic heterocycles. The molecule has 0 saturated carbocycles. The predicted molar refractivity (Wildman–Crippen MR) is 70.6 cm³/mol. The third-order valence-electron chi connectivity index (χ3n) is 2.70. The van der Waals surface area contributed by atoms with E-state index in [2.05, 4.69) is 11.4 Å². The van der Waals surface area contributed by atoms with E-state index in [1.54, 1.807) is 13.2 Å². The van der Waals surface area contributed by atoms with Crippen molar-refractivity contribution in [1.82, 2.24) is 0 Å². The van der Waals surface area contributed by atoms with Gasteiger partial charge in [-0.3, -0.25) is 0 Å². The van der Waals surface area contributed by atoms with Crippen molar-refractivity contribution in [1.29, 1.82) is 5.26 Å². The van der Waals surface area contributed by atoms with Crippen LogP contribution >= 0.6 is 11.6 Å². The van der Waals surface area contributed by atoms with Crippen molar-refractivity contribution in [3.05, 3.63) is 22.7 Å². The summed E-state index contributed by atoms with van der Waals surface area (Å²) in [5, 5.41) is 12.8. The van der Waals surface area contributed by atoms with Crippen LogP contribution in [0.5, 0.6) is 5.75 Å². The number of nitriles is 1. The van der Waals surface area contributed by atoms with Gasteiger partial charge in [-0.25, -0.2) is 0 Å². The van der Waals surface area contributed by atoms with Crippen molar-refractivity contribution in [2.75, 3.05) is 19.0 Å². The highest BCUT2D eigenvalue weighted by Crippen LogP contribution is 2.31. The molecule has 1 unspecified atom stereocenters. The zero-order valence-electron chi connectivity index (χ0n) is 10.4. The second-order valence-electron chi connectivity index (χ2n) is 3.92. The summed E-state index contributed by atoms with van der Waals surface area (Å²) >= 11 is 6.02. The molecule has 92 valence electrons. The Morgan fingerprint density at radius 3 is 2.76 bits per heavy atom. The van der Waals surface area contributed by atoms with E-state index in [1.165, 1.54) is 0 Å². The summed E-state index contributed by atoms with van der Waals surface area (Å²) in [4.78, 5) is 0. The van der Waals surface area contributed by atoms with Crippen LogP contribution in [0.4, 0.5) is 5.69 Å². The zero-order chi connectivity index (χ0) is 12.8. The normalized spacial score (nSPS) is 11.7. The van der Waals surface area contributed by atoms with Crippen molar-refractivity contribution in [2.45, 2.75) is 20.3 Å². The number of halogens is 1. The highest BCUT2D eigenvalue weighted by Gasteiger charge is 2.09. The van der Waals surface area contributed by atoms with Crippen LogP contribution in [0.1, 0.15) is 18.9 Å². The minimum absolute atomic E-state index is 0.00990. The quantitative estimate of drug-likeness (QED) is 0.871. The average Bonchev–Trinajstić information content (AvgIpc) is 2.34. The second kappa shape index (κ2) is 6.36. The highest BCUT2D eigenvalue weighted by atomic mass is 35.5. The molecule has 0 aliphatic carbocycles. The van der Waals surface area contributed by atoms with Crippen molar-refractivity contribution >= 4 is 17.3 Å². The number of hydrogen-bond donors (Lipinski definition) is 1.